The molecular weight excluding hydrogens is 444 g/mol. The van der Waals surface area contributed by atoms with Gasteiger partial charge in [-0.1, -0.05) is 24.3 Å². The van der Waals surface area contributed by atoms with Crippen LogP contribution in [-0.4, -0.2) is 70.7 Å². The van der Waals surface area contributed by atoms with Gasteiger partial charge >= 0.3 is 11.9 Å². The molecule has 0 spiro atoms. The van der Waals surface area contributed by atoms with Crippen LogP contribution < -0.4 is 21.3 Å². The first-order valence-corrected chi connectivity index (χ1v) is 9.96. The van der Waals surface area contributed by atoms with E-state index in [1.165, 1.54) is 0 Å². The third-order valence-corrected chi connectivity index (χ3v) is 4.42. The lowest BCUT2D eigenvalue weighted by Gasteiger charge is -2.19. The topological polar surface area (TPSA) is 191 Å². The summed E-state index contributed by atoms with van der Waals surface area (Å²) in [7, 11) is 0. The van der Waals surface area contributed by atoms with E-state index in [2.05, 4.69) is 33.9 Å². The van der Waals surface area contributed by atoms with Gasteiger partial charge in [0.05, 0.1) is 19.4 Å². The molecule has 1 aromatic rings. The van der Waals surface area contributed by atoms with Crippen molar-refractivity contribution in [2.45, 2.75) is 31.5 Å². The Hall–Kier alpha value is -3.61. The van der Waals surface area contributed by atoms with Crippen molar-refractivity contribution in [2.75, 3.05) is 12.3 Å². The van der Waals surface area contributed by atoms with Gasteiger partial charge in [-0.2, -0.15) is 12.6 Å². The maximum atomic E-state index is 12.2. The van der Waals surface area contributed by atoms with E-state index in [0.29, 0.717) is 18.5 Å². The molecule has 0 aliphatic carbocycles. The summed E-state index contributed by atoms with van der Waals surface area (Å²) in [4.78, 5) is 68.5. The van der Waals surface area contributed by atoms with Gasteiger partial charge in [-0.3, -0.25) is 24.0 Å². The van der Waals surface area contributed by atoms with Crippen LogP contribution in [0.3, 0.4) is 0 Å². The summed E-state index contributed by atoms with van der Waals surface area (Å²) in [6, 6.07) is 3.95. The van der Waals surface area contributed by atoms with Crippen LogP contribution in [0.5, 0.6) is 0 Å². The summed E-state index contributed by atoms with van der Waals surface area (Å²) >= 11 is 3.79. The van der Waals surface area contributed by atoms with Gasteiger partial charge in [-0.05, 0) is 11.1 Å². The predicted molar refractivity (Wildman–Crippen MR) is 114 cm³/mol. The van der Waals surface area contributed by atoms with Crippen LogP contribution >= 0.6 is 12.6 Å². The number of thiol groups is 1. The fraction of sp³-hybridized carbons (Fsp3) is 0.368. The van der Waals surface area contributed by atoms with Gasteiger partial charge in [0.25, 0.3) is 0 Å². The normalized spacial score (nSPS) is 12.0. The molecule has 0 saturated carbocycles. The lowest BCUT2D eigenvalue weighted by molar-refractivity contribution is -0.143. The molecule has 6 N–H and O–H groups in total. The van der Waals surface area contributed by atoms with Crippen molar-refractivity contribution in [2.24, 2.45) is 0 Å². The van der Waals surface area contributed by atoms with Crippen molar-refractivity contribution < 1.29 is 39.0 Å². The van der Waals surface area contributed by atoms with E-state index in [0.717, 1.165) is 5.56 Å². The van der Waals surface area contributed by atoms with Crippen LogP contribution in [0, 0.1) is 0 Å². The van der Waals surface area contributed by atoms with E-state index in [-0.39, 0.29) is 12.2 Å². The molecule has 2 unspecified atom stereocenters. The molecule has 1 aromatic carbocycles. The van der Waals surface area contributed by atoms with Crippen LogP contribution in [0.2, 0.25) is 0 Å². The molecule has 0 aliphatic rings. The average Bonchev–Trinajstić information content (AvgIpc) is 2.74. The van der Waals surface area contributed by atoms with E-state index in [1.807, 2.05) is 0 Å². The van der Waals surface area contributed by atoms with Crippen LogP contribution in [0.1, 0.15) is 17.5 Å². The van der Waals surface area contributed by atoms with Crippen molar-refractivity contribution in [1.82, 2.24) is 21.3 Å². The summed E-state index contributed by atoms with van der Waals surface area (Å²) in [6.07, 6.45) is -0.242. The van der Waals surface area contributed by atoms with Crippen molar-refractivity contribution in [3.63, 3.8) is 0 Å². The number of aliphatic carboxylic acids is 2. The second kappa shape index (κ2) is 13.6. The highest BCUT2D eigenvalue weighted by molar-refractivity contribution is 7.80. The molecule has 0 fully saturated rings. The predicted octanol–water partition coefficient (Wildman–Crippen LogP) is -1.95. The Balaban J connectivity index is 2.57. The van der Waals surface area contributed by atoms with Crippen LogP contribution in [-0.2, 0) is 41.7 Å². The quantitative estimate of drug-likeness (QED) is 0.121. The highest BCUT2D eigenvalue weighted by Gasteiger charge is 2.27. The van der Waals surface area contributed by atoms with Gasteiger partial charge in [0.1, 0.15) is 12.1 Å². The number of carboxylic acids is 2. The van der Waals surface area contributed by atoms with Crippen molar-refractivity contribution in [3.05, 3.63) is 35.4 Å². The average molecular weight is 468 g/mol. The smallest absolute Gasteiger partial charge is 0.327 e. The van der Waals surface area contributed by atoms with Gasteiger partial charge < -0.3 is 31.5 Å². The molecule has 0 bridgehead atoms. The number of rotatable bonds is 14. The second-order valence-corrected chi connectivity index (χ2v) is 6.93. The maximum Gasteiger partial charge on any atom is 0.327 e. The first-order chi connectivity index (χ1) is 15.2. The summed E-state index contributed by atoms with van der Waals surface area (Å²) in [5.41, 5.74) is 1.50. The molecular formula is C19H24N4O8S. The van der Waals surface area contributed by atoms with Gasteiger partial charge in [0, 0.05) is 12.3 Å². The maximum absolute atomic E-state index is 12.2. The number of benzene rings is 1. The number of carbonyl (C=O) groups excluding carboxylic acids is 4. The van der Waals surface area contributed by atoms with E-state index in [1.54, 1.807) is 24.3 Å². The number of amides is 4. The Morgan fingerprint density at radius 1 is 0.938 bits per heavy atom. The SMILES string of the molecule is O=CNCc1ccc(CC(=O)NCC(=O)NC(CC(=O)O)C(=O)NC(CS)C(=O)O)cc1. The zero-order valence-electron chi connectivity index (χ0n) is 16.9. The fourth-order valence-corrected chi connectivity index (χ4v) is 2.70. The van der Waals surface area contributed by atoms with E-state index in [9.17, 15) is 28.8 Å². The third-order valence-electron chi connectivity index (χ3n) is 4.05. The first-order valence-electron chi connectivity index (χ1n) is 9.33. The number of carbonyl (C=O) groups is 6. The van der Waals surface area contributed by atoms with Gasteiger partial charge in [-0.25, -0.2) is 4.79 Å². The number of hydrogen-bond donors (Lipinski definition) is 7. The summed E-state index contributed by atoms with van der Waals surface area (Å²) in [6.45, 7) is -0.166. The van der Waals surface area contributed by atoms with Crippen LogP contribution in [0.15, 0.2) is 24.3 Å². The zero-order valence-corrected chi connectivity index (χ0v) is 17.8. The summed E-state index contributed by atoms with van der Waals surface area (Å²) in [5.74, 6) is -5.31. The van der Waals surface area contributed by atoms with Gasteiger partial charge in [0.2, 0.25) is 24.1 Å². The Morgan fingerprint density at radius 2 is 1.56 bits per heavy atom. The summed E-state index contributed by atoms with van der Waals surface area (Å²) in [5, 5.41) is 27.0. The van der Waals surface area contributed by atoms with Gasteiger partial charge in [-0.15, -0.1) is 0 Å². The second-order valence-electron chi connectivity index (χ2n) is 6.57. The molecule has 0 aliphatic heterocycles. The van der Waals surface area contributed by atoms with Gasteiger partial charge in [0.15, 0.2) is 0 Å². The first kappa shape index (κ1) is 26.4. The zero-order chi connectivity index (χ0) is 24.1. The molecule has 13 heteroatoms. The lowest BCUT2D eigenvalue weighted by atomic mass is 10.1. The highest BCUT2D eigenvalue weighted by Crippen LogP contribution is 2.05. The van der Waals surface area contributed by atoms with E-state index >= 15 is 0 Å². The Morgan fingerprint density at radius 3 is 2.09 bits per heavy atom. The largest absolute Gasteiger partial charge is 0.481 e. The monoisotopic (exact) mass is 468 g/mol. The molecule has 32 heavy (non-hydrogen) atoms. The van der Waals surface area contributed by atoms with E-state index < -0.39 is 54.7 Å². The Kier molecular flexibility index (Phi) is 11.3. The van der Waals surface area contributed by atoms with Crippen molar-refractivity contribution in [3.8, 4) is 0 Å². The number of hydrogen-bond acceptors (Lipinski definition) is 7. The molecule has 174 valence electrons. The third kappa shape index (κ3) is 9.93. The molecule has 2 atom stereocenters. The Bertz CT molecular complexity index is 846. The lowest BCUT2D eigenvalue weighted by Crippen LogP contribution is -2.54. The molecule has 4 amide bonds. The number of carboxylic acid groups (broad SMARTS) is 2. The molecule has 0 aromatic heterocycles. The standard InChI is InChI=1S/C19H24N4O8S/c24-10-20-7-12-3-1-11(2-4-12)5-15(25)21-8-16(26)22-13(6-17(27)28)18(29)23-14(9-32)19(30)31/h1-4,10,13-14,32H,5-9H2,(H,20,24)(H,21,25)(H,22,26)(H,23,29)(H,27,28)(H,30,31). The Labute approximate surface area is 188 Å². The molecule has 0 radical (unpaired) electrons. The minimum Gasteiger partial charge on any atom is -0.481 e. The minimum absolute atomic E-state index is 0.0318. The minimum atomic E-state index is -1.54. The van der Waals surface area contributed by atoms with Crippen molar-refractivity contribution >= 4 is 48.7 Å². The van der Waals surface area contributed by atoms with Crippen LogP contribution in [0.4, 0.5) is 0 Å². The fourth-order valence-electron chi connectivity index (χ4n) is 2.45. The summed E-state index contributed by atoms with van der Waals surface area (Å²) < 4.78 is 0. The molecule has 0 saturated heterocycles. The van der Waals surface area contributed by atoms with E-state index in [4.69, 9.17) is 10.2 Å². The van der Waals surface area contributed by atoms with Crippen molar-refractivity contribution in [1.29, 1.82) is 0 Å². The number of nitrogens with one attached hydrogen (secondary N) is 4. The highest BCUT2D eigenvalue weighted by atomic mass is 32.1. The van der Waals surface area contributed by atoms with Crippen LogP contribution in [0.25, 0.3) is 0 Å². The molecule has 0 heterocycles. The molecule has 12 nitrogen and oxygen atoms in total. The molecule has 1 rings (SSSR count).